The third-order valence-electron chi connectivity index (χ3n) is 2.70. The standard InChI is InChI=1S/C13H11NSe/c1-14-12(10-5-3-2-4-6-10)9-11-7-8-15-13(11)14/h2-9H,1H3. The summed E-state index contributed by atoms with van der Waals surface area (Å²) in [5.74, 6) is 0. The SMILES string of the molecule is Cn1c(-c2ccccc2)cc2cc[se]c21. The summed E-state index contributed by atoms with van der Waals surface area (Å²) < 4.78 is 3.81. The molecular formula is C13H11NSe. The average molecular weight is 260 g/mol. The molecule has 15 heavy (non-hydrogen) atoms. The van der Waals surface area contributed by atoms with Crippen LogP contribution in [0.3, 0.4) is 0 Å². The molecule has 0 fully saturated rings. The molecule has 2 aromatic heterocycles. The normalized spacial score (nSPS) is 11.0. The van der Waals surface area contributed by atoms with Gasteiger partial charge in [-0.05, 0) is 0 Å². The van der Waals surface area contributed by atoms with Crippen molar-refractivity contribution < 1.29 is 0 Å². The number of aromatic nitrogens is 1. The van der Waals surface area contributed by atoms with Crippen molar-refractivity contribution in [3.05, 3.63) is 47.4 Å². The zero-order valence-corrected chi connectivity index (χ0v) is 10.2. The first-order valence-corrected chi connectivity index (χ1v) is 6.79. The van der Waals surface area contributed by atoms with E-state index >= 15 is 0 Å². The first-order chi connectivity index (χ1) is 7.36. The molecule has 74 valence electrons. The van der Waals surface area contributed by atoms with E-state index in [1.165, 1.54) is 21.0 Å². The summed E-state index contributed by atoms with van der Waals surface area (Å²) in [6, 6.07) is 15.1. The Morgan fingerprint density at radius 2 is 1.87 bits per heavy atom. The Morgan fingerprint density at radius 3 is 2.60 bits per heavy atom. The van der Waals surface area contributed by atoms with Crippen LogP contribution in [0, 0.1) is 0 Å². The van der Waals surface area contributed by atoms with Crippen LogP contribution >= 0.6 is 0 Å². The molecule has 3 rings (SSSR count). The molecule has 0 saturated heterocycles. The van der Waals surface area contributed by atoms with Gasteiger partial charge in [-0.25, -0.2) is 0 Å². The zero-order valence-electron chi connectivity index (χ0n) is 8.47. The summed E-state index contributed by atoms with van der Waals surface area (Å²) in [6.07, 6.45) is 0. The Balaban J connectivity index is 2.27. The Morgan fingerprint density at radius 1 is 1.07 bits per heavy atom. The number of hydrogen-bond donors (Lipinski definition) is 0. The molecule has 0 aliphatic rings. The number of nitrogens with zero attached hydrogens (tertiary/aromatic N) is 1. The first-order valence-electron chi connectivity index (χ1n) is 4.94. The molecule has 0 spiro atoms. The summed E-state index contributed by atoms with van der Waals surface area (Å²) in [5.41, 5.74) is 2.63. The van der Waals surface area contributed by atoms with E-state index in [0.717, 1.165) is 0 Å². The van der Waals surface area contributed by atoms with Crippen LogP contribution in [0.4, 0.5) is 0 Å². The maximum atomic E-state index is 2.32. The van der Waals surface area contributed by atoms with E-state index in [2.05, 4.69) is 59.0 Å². The van der Waals surface area contributed by atoms with Crippen molar-refractivity contribution in [3.63, 3.8) is 0 Å². The fourth-order valence-electron chi connectivity index (χ4n) is 1.93. The molecule has 3 aromatic rings. The number of fused-ring (bicyclic) bond motifs is 1. The molecule has 1 nitrogen and oxygen atoms in total. The Kier molecular flexibility index (Phi) is 2.05. The van der Waals surface area contributed by atoms with Crippen LogP contribution in [-0.4, -0.2) is 19.1 Å². The van der Waals surface area contributed by atoms with Gasteiger partial charge in [-0.1, -0.05) is 0 Å². The van der Waals surface area contributed by atoms with Crippen LogP contribution in [0.25, 0.3) is 21.0 Å². The van der Waals surface area contributed by atoms with Crippen LogP contribution < -0.4 is 0 Å². The number of hydrogen-bond acceptors (Lipinski definition) is 0. The van der Waals surface area contributed by atoms with Gasteiger partial charge in [0, 0.05) is 0 Å². The molecule has 0 atom stereocenters. The second-order valence-electron chi connectivity index (χ2n) is 3.64. The molecule has 0 saturated carbocycles. The molecule has 0 radical (unpaired) electrons. The minimum absolute atomic E-state index is 0.525. The van der Waals surface area contributed by atoms with E-state index in [1.807, 2.05) is 0 Å². The average Bonchev–Trinajstić information content (AvgIpc) is 2.83. The van der Waals surface area contributed by atoms with E-state index in [0.29, 0.717) is 14.5 Å². The molecular weight excluding hydrogens is 249 g/mol. The molecule has 0 aliphatic heterocycles. The van der Waals surface area contributed by atoms with Crippen LogP contribution in [-0.2, 0) is 7.05 Å². The molecule has 0 unspecified atom stereocenters. The van der Waals surface area contributed by atoms with Gasteiger partial charge in [0.05, 0.1) is 0 Å². The molecule has 1 aromatic carbocycles. The van der Waals surface area contributed by atoms with Crippen molar-refractivity contribution in [2.75, 3.05) is 0 Å². The third-order valence-corrected chi connectivity index (χ3v) is 4.81. The van der Waals surface area contributed by atoms with Gasteiger partial charge in [-0.2, -0.15) is 0 Å². The van der Waals surface area contributed by atoms with Crippen LogP contribution in [0.2, 0.25) is 0 Å². The van der Waals surface area contributed by atoms with Gasteiger partial charge >= 0.3 is 94.6 Å². The summed E-state index contributed by atoms with van der Waals surface area (Å²) in [5, 5.41) is 1.40. The van der Waals surface area contributed by atoms with Gasteiger partial charge in [-0.3, -0.25) is 0 Å². The van der Waals surface area contributed by atoms with Crippen molar-refractivity contribution in [1.82, 2.24) is 4.57 Å². The van der Waals surface area contributed by atoms with E-state index in [4.69, 9.17) is 0 Å². The van der Waals surface area contributed by atoms with Gasteiger partial charge in [-0.15, -0.1) is 0 Å². The quantitative estimate of drug-likeness (QED) is 0.593. The van der Waals surface area contributed by atoms with E-state index in [1.54, 1.807) is 0 Å². The number of benzene rings is 1. The fraction of sp³-hybridized carbons (Fsp3) is 0.0769. The molecule has 0 amide bonds. The van der Waals surface area contributed by atoms with Crippen molar-refractivity contribution >= 4 is 24.3 Å². The minimum atomic E-state index is 0.525. The van der Waals surface area contributed by atoms with Crippen molar-refractivity contribution in [1.29, 1.82) is 0 Å². The topological polar surface area (TPSA) is 4.93 Å². The van der Waals surface area contributed by atoms with E-state index in [-0.39, 0.29) is 0 Å². The van der Waals surface area contributed by atoms with Gasteiger partial charge in [0.15, 0.2) is 0 Å². The summed E-state index contributed by atoms with van der Waals surface area (Å²) in [7, 11) is 2.16. The summed E-state index contributed by atoms with van der Waals surface area (Å²) >= 11 is 0.525. The van der Waals surface area contributed by atoms with Crippen molar-refractivity contribution in [2.45, 2.75) is 0 Å². The number of rotatable bonds is 1. The van der Waals surface area contributed by atoms with Crippen LogP contribution in [0.1, 0.15) is 0 Å². The Hall–Kier alpha value is -1.24. The predicted octanol–water partition coefficient (Wildman–Crippen LogP) is 2.90. The zero-order chi connectivity index (χ0) is 10.3. The summed E-state index contributed by atoms with van der Waals surface area (Å²) in [4.78, 5) is 2.28. The van der Waals surface area contributed by atoms with Crippen molar-refractivity contribution in [3.8, 4) is 11.3 Å². The van der Waals surface area contributed by atoms with Crippen LogP contribution in [0.5, 0.6) is 0 Å². The van der Waals surface area contributed by atoms with E-state index in [9.17, 15) is 0 Å². The van der Waals surface area contributed by atoms with Gasteiger partial charge < -0.3 is 0 Å². The maximum absolute atomic E-state index is 2.32. The first kappa shape index (κ1) is 9.02. The fourth-order valence-corrected chi connectivity index (χ4v) is 3.74. The second kappa shape index (κ2) is 3.41. The van der Waals surface area contributed by atoms with Gasteiger partial charge in [0.2, 0.25) is 0 Å². The monoisotopic (exact) mass is 261 g/mol. The Bertz CT molecular complexity index is 589. The van der Waals surface area contributed by atoms with Crippen LogP contribution in [0.15, 0.2) is 47.4 Å². The predicted molar refractivity (Wildman–Crippen MR) is 65.3 cm³/mol. The molecule has 0 bridgehead atoms. The Labute approximate surface area is 94.7 Å². The second-order valence-corrected chi connectivity index (χ2v) is 5.51. The third kappa shape index (κ3) is 1.38. The van der Waals surface area contributed by atoms with E-state index < -0.39 is 0 Å². The molecule has 0 N–H and O–H groups in total. The van der Waals surface area contributed by atoms with Gasteiger partial charge in [0.25, 0.3) is 0 Å². The molecule has 2 heterocycles. The molecule has 0 aliphatic carbocycles. The summed E-state index contributed by atoms with van der Waals surface area (Å²) in [6.45, 7) is 0. The molecule has 2 heteroatoms. The number of aryl methyl sites for hydroxylation is 1. The van der Waals surface area contributed by atoms with Crippen molar-refractivity contribution in [2.24, 2.45) is 7.05 Å². The van der Waals surface area contributed by atoms with Gasteiger partial charge in [0.1, 0.15) is 0 Å².